The number of halogens is 1. The van der Waals surface area contributed by atoms with Crippen molar-refractivity contribution in [3.05, 3.63) is 58.6 Å². The van der Waals surface area contributed by atoms with Crippen LogP contribution in [-0.2, 0) is 0 Å². The molecule has 0 unspecified atom stereocenters. The van der Waals surface area contributed by atoms with Crippen LogP contribution >= 0.6 is 11.6 Å². The Hall–Kier alpha value is -2.33. The van der Waals surface area contributed by atoms with Crippen LogP contribution in [0.2, 0.25) is 5.02 Å². The van der Waals surface area contributed by atoms with E-state index in [9.17, 15) is 14.7 Å². The minimum absolute atomic E-state index is 0.0444. The Balaban J connectivity index is 2.25. The van der Waals surface area contributed by atoms with Crippen LogP contribution in [0.4, 0.5) is 5.69 Å². The van der Waals surface area contributed by atoms with Gasteiger partial charge in [-0.2, -0.15) is 0 Å². The van der Waals surface area contributed by atoms with Crippen molar-refractivity contribution in [2.45, 2.75) is 6.92 Å². The average molecular weight is 290 g/mol. The van der Waals surface area contributed by atoms with Gasteiger partial charge in [-0.25, -0.2) is 0 Å². The molecule has 0 aliphatic carbocycles. The van der Waals surface area contributed by atoms with E-state index in [0.717, 1.165) is 0 Å². The van der Waals surface area contributed by atoms with Gasteiger partial charge in [-0.15, -0.1) is 0 Å². The SMILES string of the molecule is CC(=O)c1cccc(NC(=O)c2cc(O)ccc2Cl)c1. The molecule has 0 aliphatic heterocycles. The first kappa shape index (κ1) is 14.1. The van der Waals surface area contributed by atoms with Gasteiger partial charge in [-0.3, -0.25) is 9.59 Å². The molecule has 0 aliphatic rings. The van der Waals surface area contributed by atoms with E-state index in [1.54, 1.807) is 24.3 Å². The molecular formula is C15H12ClNO3. The van der Waals surface area contributed by atoms with E-state index in [4.69, 9.17) is 11.6 Å². The number of amides is 1. The summed E-state index contributed by atoms with van der Waals surface area (Å²) in [6.07, 6.45) is 0. The number of phenolic OH excluding ortho intramolecular Hbond substituents is 1. The summed E-state index contributed by atoms with van der Waals surface area (Å²) >= 11 is 5.91. The fraction of sp³-hybridized carbons (Fsp3) is 0.0667. The standard InChI is InChI=1S/C15H12ClNO3/c1-9(18)10-3-2-4-11(7-10)17-15(20)13-8-12(19)5-6-14(13)16/h2-8,19H,1H3,(H,17,20). The van der Waals surface area contributed by atoms with Gasteiger partial charge in [0, 0.05) is 11.3 Å². The van der Waals surface area contributed by atoms with Gasteiger partial charge < -0.3 is 10.4 Å². The van der Waals surface area contributed by atoms with Crippen LogP contribution in [0, 0.1) is 0 Å². The number of benzene rings is 2. The number of carbonyl (C=O) groups is 2. The minimum Gasteiger partial charge on any atom is -0.508 e. The third-order valence-corrected chi connectivity index (χ3v) is 3.05. The van der Waals surface area contributed by atoms with Gasteiger partial charge in [0.15, 0.2) is 5.78 Å². The second-order valence-corrected chi connectivity index (χ2v) is 4.66. The molecule has 0 aromatic heterocycles. The molecule has 2 N–H and O–H groups in total. The molecule has 0 bridgehead atoms. The van der Waals surface area contributed by atoms with Crippen molar-refractivity contribution in [2.75, 3.05) is 5.32 Å². The Labute approximate surface area is 121 Å². The summed E-state index contributed by atoms with van der Waals surface area (Å²) in [6.45, 7) is 1.45. The van der Waals surface area contributed by atoms with Gasteiger partial charge in [-0.05, 0) is 37.3 Å². The summed E-state index contributed by atoms with van der Waals surface area (Å²) < 4.78 is 0. The van der Waals surface area contributed by atoms with E-state index in [0.29, 0.717) is 11.3 Å². The number of nitrogens with one attached hydrogen (secondary N) is 1. The Morgan fingerprint density at radius 2 is 1.90 bits per heavy atom. The zero-order valence-corrected chi connectivity index (χ0v) is 11.4. The Morgan fingerprint density at radius 3 is 2.60 bits per heavy atom. The topological polar surface area (TPSA) is 66.4 Å². The highest BCUT2D eigenvalue weighted by molar-refractivity contribution is 6.34. The first-order chi connectivity index (χ1) is 9.47. The number of anilines is 1. The molecule has 1 amide bonds. The number of ketones is 1. The molecule has 2 aromatic carbocycles. The van der Waals surface area contributed by atoms with Crippen LogP contribution < -0.4 is 5.32 Å². The van der Waals surface area contributed by atoms with Gasteiger partial charge in [0.05, 0.1) is 10.6 Å². The molecule has 0 spiro atoms. The van der Waals surface area contributed by atoms with Gasteiger partial charge in [0.25, 0.3) is 5.91 Å². The lowest BCUT2D eigenvalue weighted by Gasteiger charge is -2.08. The van der Waals surface area contributed by atoms with Crippen molar-refractivity contribution in [1.82, 2.24) is 0 Å². The highest BCUT2D eigenvalue weighted by atomic mass is 35.5. The lowest BCUT2D eigenvalue weighted by atomic mass is 10.1. The van der Waals surface area contributed by atoms with Crippen molar-refractivity contribution in [1.29, 1.82) is 0 Å². The molecule has 0 heterocycles. The number of aromatic hydroxyl groups is 1. The van der Waals surface area contributed by atoms with Crippen LogP contribution in [0.5, 0.6) is 5.75 Å². The van der Waals surface area contributed by atoms with Crippen molar-refractivity contribution in [2.24, 2.45) is 0 Å². The first-order valence-corrected chi connectivity index (χ1v) is 6.26. The molecule has 2 rings (SSSR count). The number of carbonyl (C=O) groups excluding carboxylic acids is 2. The number of rotatable bonds is 3. The van der Waals surface area contributed by atoms with Crippen LogP contribution in [0.15, 0.2) is 42.5 Å². The maximum Gasteiger partial charge on any atom is 0.257 e. The molecule has 0 atom stereocenters. The summed E-state index contributed by atoms with van der Waals surface area (Å²) in [7, 11) is 0. The summed E-state index contributed by atoms with van der Waals surface area (Å²) in [5, 5.41) is 12.3. The average Bonchev–Trinajstić information content (AvgIpc) is 2.41. The second-order valence-electron chi connectivity index (χ2n) is 4.26. The third kappa shape index (κ3) is 3.16. The van der Waals surface area contributed by atoms with E-state index >= 15 is 0 Å². The number of Topliss-reactive ketones (excluding diaryl/α,β-unsaturated/α-hetero) is 1. The maximum atomic E-state index is 12.1. The Morgan fingerprint density at radius 1 is 1.15 bits per heavy atom. The van der Waals surface area contributed by atoms with Gasteiger partial charge in [-0.1, -0.05) is 23.7 Å². The predicted octanol–water partition coefficient (Wildman–Crippen LogP) is 3.50. The first-order valence-electron chi connectivity index (χ1n) is 5.88. The number of hydrogen-bond acceptors (Lipinski definition) is 3. The Bertz CT molecular complexity index is 683. The zero-order chi connectivity index (χ0) is 14.7. The molecule has 2 aromatic rings. The molecule has 20 heavy (non-hydrogen) atoms. The summed E-state index contributed by atoms with van der Waals surface area (Å²) in [5.74, 6) is -0.583. The monoisotopic (exact) mass is 289 g/mol. The van der Waals surface area contributed by atoms with Crippen molar-refractivity contribution in [3.8, 4) is 5.75 Å². The van der Waals surface area contributed by atoms with E-state index in [1.807, 2.05) is 0 Å². The molecule has 0 saturated heterocycles. The molecule has 0 radical (unpaired) electrons. The van der Waals surface area contributed by atoms with Gasteiger partial charge in [0.1, 0.15) is 5.75 Å². The van der Waals surface area contributed by atoms with E-state index in [2.05, 4.69) is 5.32 Å². The highest BCUT2D eigenvalue weighted by Gasteiger charge is 2.12. The highest BCUT2D eigenvalue weighted by Crippen LogP contribution is 2.22. The van der Waals surface area contributed by atoms with Gasteiger partial charge >= 0.3 is 0 Å². The van der Waals surface area contributed by atoms with Gasteiger partial charge in [0.2, 0.25) is 0 Å². The molecule has 4 nitrogen and oxygen atoms in total. The Kier molecular flexibility index (Phi) is 4.05. The smallest absolute Gasteiger partial charge is 0.257 e. The minimum atomic E-state index is -0.452. The lowest BCUT2D eigenvalue weighted by molar-refractivity contribution is 0.101. The predicted molar refractivity (Wildman–Crippen MR) is 77.5 cm³/mol. The molecule has 0 saturated carbocycles. The molecule has 102 valence electrons. The molecule has 5 heteroatoms. The van der Waals surface area contributed by atoms with Crippen LogP contribution in [0.1, 0.15) is 27.6 Å². The van der Waals surface area contributed by atoms with Crippen molar-refractivity contribution in [3.63, 3.8) is 0 Å². The molecular weight excluding hydrogens is 278 g/mol. The normalized spacial score (nSPS) is 10.1. The fourth-order valence-corrected chi connectivity index (χ4v) is 1.91. The lowest BCUT2D eigenvalue weighted by Crippen LogP contribution is -2.12. The summed E-state index contributed by atoms with van der Waals surface area (Å²) in [4.78, 5) is 23.4. The molecule has 0 fully saturated rings. The maximum absolute atomic E-state index is 12.1. The summed E-state index contributed by atoms with van der Waals surface area (Å²) in [6, 6.07) is 10.7. The fourth-order valence-electron chi connectivity index (χ4n) is 1.70. The number of hydrogen-bond donors (Lipinski definition) is 2. The van der Waals surface area contributed by atoms with E-state index < -0.39 is 5.91 Å². The van der Waals surface area contributed by atoms with Crippen molar-refractivity contribution >= 4 is 29.0 Å². The summed E-state index contributed by atoms with van der Waals surface area (Å²) in [5.41, 5.74) is 1.16. The number of phenols is 1. The quantitative estimate of drug-likeness (QED) is 0.850. The van der Waals surface area contributed by atoms with Crippen LogP contribution in [0.3, 0.4) is 0 Å². The van der Waals surface area contributed by atoms with E-state index in [1.165, 1.54) is 25.1 Å². The second kappa shape index (κ2) is 5.75. The van der Waals surface area contributed by atoms with Crippen LogP contribution in [0.25, 0.3) is 0 Å². The largest absolute Gasteiger partial charge is 0.508 e. The third-order valence-electron chi connectivity index (χ3n) is 2.72. The van der Waals surface area contributed by atoms with Crippen LogP contribution in [-0.4, -0.2) is 16.8 Å². The zero-order valence-electron chi connectivity index (χ0n) is 10.7. The van der Waals surface area contributed by atoms with E-state index in [-0.39, 0.29) is 22.1 Å². The van der Waals surface area contributed by atoms with Crippen molar-refractivity contribution < 1.29 is 14.7 Å².